The summed E-state index contributed by atoms with van der Waals surface area (Å²) in [7, 11) is 0. The lowest BCUT2D eigenvalue weighted by atomic mass is 9.98. The van der Waals surface area contributed by atoms with Crippen LogP contribution in [0.5, 0.6) is 0 Å². The molecule has 0 bridgehead atoms. The van der Waals surface area contributed by atoms with Crippen LogP contribution >= 0.6 is 12.2 Å². The molecule has 2 unspecified atom stereocenters. The number of piperazine rings is 1. The topological polar surface area (TPSA) is 32.5 Å². The van der Waals surface area contributed by atoms with Crippen LogP contribution in [0, 0.1) is 5.92 Å². The highest BCUT2D eigenvalue weighted by Gasteiger charge is 2.25. The lowest BCUT2D eigenvalue weighted by Gasteiger charge is -2.40. The van der Waals surface area contributed by atoms with E-state index in [0.29, 0.717) is 11.0 Å². The summed E-state index contributed by atoms with van der Waals surface area (Å²) in [5.41, 5.74) is 5.92. The summed E-state index contributed by atoms with van der Waals surface area (Å²) >= 11 is 5.25. The van der Waals surface area contributed by atoms with Crippen molar-refractivity contribution in [2.75, 3.05) is 32.7 Å². The van der Waals surface area contributed by atoms with Gasteiger partial charge in [0, 0.05) is 32.7 Å². The van der Waals surface area contributed by atoms with E-state index in [9.17, 15) is 0 Å². The van der Waals surface area contributed by atoms with Gasteiger partial charge in [-0.15, -0.1) is 0 Å². The van der Waals surface area contributed by atoms with E-state index in [1.807, 2.05) is 0 Å². The van der Waals surface area contributed by atoms with E-state index in [2.05, 4.69) is 30.6 Å². The molecule has 0 saturated carbocycles. The van der Waals surface area contributed by atoms with Gasteiger partial charge in [0.15, 0.2) is 0 Å². The van der Waals surface area contributed by atoms with Crippen molar-refractivity contribution in [1.29, 1.82) is 0 Å². The zero-order chi connectivity index (χ0) is 15.7. The van der Waals surface area contributed by atoms with Gasteiger partial charge in [-0.25, -0.2) is 0 Å². The number of rotatable bonds is 10. The van der Waals surface area contributed by atoms with Crippen LogP contribution in [0.25, 0.3) is 0 Å². The Morgan fingerprint density at radius 3 is 2.19 bits per heavy atom. The van der Waals surface area contributed by atoms with E-state index in [4.69, 9.17) is 18.0 Å². The standard InChI is InChI=1S/C17H35N3S/c1-4-7-9-15(6-3)14-19-10-12-20(13-11-19)16(8-5-2)17(18)21/h15-16H,4-14H2,1-3H3,(H2,18,21). The maximum atomic E-state index is 5.92. The van der Waals surface area contributed by atoms with Gasteiger partial charge in [0.2, 0.25) is 0 Å². The van der Waals surface area contributed by atoms with Crippen LogP contribution in [0.4, 0.5) is 0 Å². The largest absolute Gasteiger partial charge is 0.392 e. The molecule has 0 aliphatic carbocycles. The predicted octanol–water partition coefficient (Wildman–Crippen LogP) is 3.28. The number of nitrogens with zero attached hydrogens (tertiary/aromatic N) is 2. The fourth-order valence-corrected chi connectivity index (χ4v) is 3.59. The first kappa shape index (κ1) is 18.9. The zero-order valence-corrected chi connectivity index (χ0v) is 15.1. The molecule has 0 aromatic rings. The molecule has 1 fully saturated rings. The molecule has 1 aliphatic rings. The van der Waals surface area contributed by atoms with Gasteiger partial charge in [-0.05, 0) is 18.8 Å². The van der Waals surface area contributed by atoms with Crippen molar-refractivity contribution in [2.45, 2.75) is 65.3 Å². The second-order valence-electron chi connectivity index (χ2n) is 6.46. The maximum absolute atomic E-state index is 5.92. The summed E-state index contributed by atoms with van der Waals surface area (Å²) < 4.78 is 0. The number of hydrogen-bond acceptors (Lipinski definition) is 3. The van der Waals surface area contributed by atoms with Crippen molar-refractivity contribution in [3.05, 3.63) is 0 Å². The average Bonchev–Trinajstić information content (AvgIpc) is 2.49. The first-order chi connectivity index (χ1) is 10.1. The van der Waals surface area contributed by atoms with Crippen LogP contribution in [0.15, 0.2) is 0 Å². The molecule has 0 aromatic heterocycles. The van der Waals surface area contributed by atoms with E-state index >= 15 is 0 Å². The number of hydrogen-bond donors (Lipinski definition) is 1. The Kier molecular flexibility index (Phi) is 9.45. The molecular formula is C17H35N3S. The predicted molar refractivity (Wildman–Crippen MR) is 96.8 cm³/mol. The second kappa shape index (κ2) is 10.5. The minimum Gasteiger partial charge on any atom is -0.392 e. The number of unbranched alkanes of at least 4 members (excludes halogenated alkanes) is 1. The van der Waals surface area contributed by atoms with E-state index < -0.39 is 0 Å². The lowest BCUT2D eigenvalue weighted by Crippen LogP contribution is -2.54. The Morgan fingerprint density at radius 1 is 1.05 bits per heavy atom. The third-order valence-electron chi connectivity index (χ3n) is 4.80. The van der Waals surface area contributed by atoms with Gasteiger partial charge < -0.3 is 10.6 Å². The average molecular weight is 314 g/mol. The maximum Gasteiger partial charge on any atom is 0.0902 e. The fraction of sp³-hybridized carbons (Fsp3) is 0.941. The molecule has 1 rings (SSSR count). The molecular weight excluding hydrogens is 278 g/mol. The van der Waals surface area contributed by atoms with Crippen LogP contribution in [0.1, 0.15) is 59.3 Å². The van der Waals surface area contributed by atoms with E-state index in [1.54, 1.807) is 0 Å². The zero-order valence-electron chi connectivity index (χ0n) is 14.3. The fourth-order valence-electron chi connectivity index (χ4n) is 3.32. The van der Waals surface area contributed by atoms with Gasteiger partial charge in [0.05, 0.1) is 11.0 Å². The summed E-state index contributed by atoms with van der Waals surface area (Å²) in [5, 5.41) is 0. The lowest BCUT2D eigenvalue weighted by molar-refractivity contribution is 0.0998. The molecule has 2 N–H and O–H groups in total. The van der Waals surface area contributed by atoms with Crippen LogP contribution in [0.3, 0.4) is 0 Å². The van der Waals surface area contributed by atoms with Crippen molar-refractivity contribution in [1.82, 2.24) is 9.80 Å². The van der Waals surface area contributed by atoms with Gasteiger partial charge in [-0.1, -0.05) is 58.7 Å². The van der Waals surface area contributed by atoms with E-state index in [0.717, 1.165) is 31.8 Å². The molecule has 0 amide bonds. The molecule has 4 heteroatoms. The van der Waals surface area contributed by atoms with Crippen LogP contribution in [0.2, 0.25) is 0 Å². The SMILES string of the molecule is CCCCC(CC)CN1CCN(C(CCC)C(N)=S)CC1. The molecule has 3 nitrogen and oxygen atoms in total. The van der Waals surface area contributed by atoms with Gasteiger partial charge in [0.1, 0.15) is 0 Å². The summed E-state index contributed by atoms with van der Waals surface area (Å²) in [4.78, 5) is 5.82. The highest BCUT2D eigenvalue weighted by molar-refractivity contribution is 7.80. The van der Waals surface area contributed by atoms with Crippen molar-refractivity contribution >= 4 is 17.2 Å². The molecule has 0 aromatic carbocycles. The Balaban J connectivity index is 2.38. The first-order valence-corrected chi connectivity index (χ1v) is 9.28. The van der Waals surface area contributed by atoms with E-state index in [1.165, 1.54) is 45.3 Å². The summed E-state index contributed by atoms with van der Waals surface area (Å²) in [6.07, 6.45) is 7.64. The minimum absolute atomic E-state index is 0.314. The van der Waals surface area contributed by atoms with Gasteiger partial charge in [-0.3, -0.25) is 4.90 Å². The minimum atomic E-state index is 0.314. The third-order valence-corrected chi connectivity index (χ3v) is 5.07. The van der Waals surface area contributed by atoms with Gasteiger partial charge >= 0.3 is 0 Å². The van der Waals surface area contributed by atoms with Crippen molar-refractivity contribution < 1.29 is 0 Å². The van der Waals surface area contributed by atoms with Crippen molar-refractivity contribution in [3.63, 3.8) is 0 Å². The molecule has 0 spiro atoms. The summed E-state index contributed by atoms with van der Waals surface area (Å²) in [6, 6.07) is 0.314. The van der Waals surface area contributed by atoms with Crippen molar-refractivity contribution in [2.24, 2.45) is 11.7 Å². The first-order valence-electron chi connectivity index (χ1n) is 8.88. The Labute approximate surface area is 137 Å². The van der Waals surface area contributed by atoms with Gasteiger partial charge in [-0.2, -0.15) is 0 Å². The number of thiocarbonyl (C=S) groups is 1. The summed E-state index contributed by atoms with van der Waals surface area (Å²) in [6.45, 7) is 12.7. The van der Waals surface area contributed by atoms with Crippen LogP contribution in [-0.2, 0) is 0 Å². The Hall–Kier alpha value is -0.190. The highest BCUT2D eigenvalue weighted by atomic mass is 32.1. The Morgan fingerprint density at radius 2 is 1.71 bits per heavy atom. The smallest absolute Gasteiger partial charge is 0.0902 e. The molecule has 1 saturated heterocycles. The molecule has 1 heterocycles. The third kappa shape index (κ3) is 6.62. The highest BCUT2D eigenvalue weighted by Crippen LogP contribution is 2.17. The normalized spacial score (nSPS) is 20.3. The van der Waals surface area contributed by atoms with Crippen LogP contribution in [-0.4, -0.2) is 53.6 Å². The second-order valence-corrected chi connectivity index (χ2v) is 6.93. The van der Waals surface area contributed by atoms with Gasteiger partial charge in [0.25, 0.3) is 0 Å². The molecule has 0 radical (unpaired) electrons. The number of nitrogens with two attached hydrogens (primary N) is 1. The van der Waals surface area contributed by atoms with E-state index in [-0.39, 0.29) is 0 Å². The monoisotopic (exact) mass is 313 g/mol. The van der Waals surface area contributed by atoms with Crippen LogP contribution < -0.4 is 5.73 Å². The summed E-state index contributed by atoms with van der Waals surface area (Å²) in [5.74, 6) is 0.874. The molecule has 21 heavy (non-hydrogen) atoms. The van der Waals surface area contributed by atoms with Crippen molar-refractivity contribution in [3.8, 4) is 0 Å². The Bertz CT molecular complexity index is 288. The molecule has 2 atom stereocenters. The molecule has 1 aliphatic heterocycles. The quantitative estimate of drug-likeness (QED) is 0.627. The molecule has 124 valence electrons.